The van der Waals surface area contributed by atoms with Crippen LogP contribution in [0.3, 0.4) is 0 Å². The van der Waals surface area contributed by atoms with Gasteiger partial charge in [-0.3, -0.25) is 0 Å². The van der Waals surface area contributed by atoms with E-state index in [1.165, 1.54) is 0 Å². The zero-order valence-electron chi connectivity index (χ0n) is 42.5. The third-order valence-electron chi connectivity index (χ3n) is 12.6. The van der Waals surface area contributed by atoms with Crippen molar-refractivity contribution in [2.45, 2.75) is 13.3 Å². The summed E-state index contributed by atoms with van der Waals surface area (Å²) in [6, 6.07) is 50.7. The molecule has 1 aliphatic heterocycles. The second-order valence-electron chi connectivity index (χ2n) is 20.2. The highest BCUT2D eigenvalue weighted by molar-refractivity contribution is 5.87. The summed E-state index contributed by atoms with van der Waals surface area (Å²) in [5, 5.41) is 6.91. The Bertz CT molecular complexity index is 3370. The number of aromatic amines is 4. The van der Waals surface area contributed by atoms with Crippen LogP contribution < -0.4 is 45.7 Å². The fourth-order valence-corrected chi connectivity index (χ4v) is 9.02. The van der Waals surface area contributed by atoms with E-state index in [1.54, 1.807) is 0 Å². The molecule has 0 unspecified atom stereocenters. The van der Waals surface area contributed by atoms with Crippen LogP contribution in [0, 0.1) is 0 Å². The van der Waals surface area contributed by atoms with Crippen molar-refractivity contribution in [1.82, 2.24) is 25.3 Å². The highest BCUT2D eigenvalue weighted by Gasteiger charge is 2.23. The van der Waals surface area contributed by atoms with E-state index in [-0.39, 0.29) is 0 Å². The Labute approximate surface area is 417 Å². The number of rotatable bonds is 19. The maximum Gasteiger partial charge on any atom is 0.137 e. The fourth-order valence-electron chi connectivity index (χ4n) is 9.02. The van der Waals surface area contributed by atoms with E-state index < -0.39 is 0 Å². The minimum Gasteiger partial charge on any atom is -0.493 e. The first-order valence-electron chi connectivity index (χ1n) is 24.8. The van der Waals surface area contributed by atoms with Gasteiger partial charge < -0.3 is 53.2 Å². The van der Waals surface area contributed by atoms with Crippen molar-refractivity contribution in [2.24, 2.45) is 0 Å². The minimum absolute atomic E-state index is 0.512. The molecular formula is C60H69N7O4+2. The molecule has 9 rings (SSSR count). The maximum absolute atomic E-state index is 6.70. The predicted octanol–water partition coefficient (Wildman–Crippen LogP) is 6.86. The topological polar surface area (TPSA) is 112 Å². The van der Waals surface area contributed by atoms with E-state index >= 15 is 0 Å². The zero-order chi connectivity index (χ0) is 49.5. The molecule has 4 aromatic carbocycles. The summed E-state index contributed by atoms with van der Waals surface area (Å²) in [7, 11) is 15.1. The third kappa shape index (κ3) is 11.1. The van der Waals surface area contributed by atoms with E-state index in [2.05, 4.69) is 190 Å². The summed E-state index contributed by atoms with van der Waals surface area (Å²) in [5.41, 5.74) is 11.4. The predicted molar refractivity (Wildman–Crippen MR) is 286 cm³/mol. The van der Waals surface area contributed by atoms with Gasteiger partial charge in [-0.05, 0) is 86.3 Å². The second-order valence-corrected chi connectivity index (χ2v) is 20.2. The van der Waals surface area contributed by atoms with Gasteiger partial charge in [0.1, 0.15) is 55.9 Å². The van der Waals surface area contributed by atoms with Crippen molar-refractivity contribution in [1.29, 1.82) is 0 Å². The Balaban J connectivity index is 1.38. The monoisotopic (exact) mass is 952 g/mol. The Morgan fingerprint density at radius 3 is 0.958 bits per heavy atom. The smallest absolute Gasteiger partial charge is 0.137 e. The number of fused-ring (bicyclic) bond motifs is 8. The Hall–Kier alpha value is -7.44. The molecule has 0 aliphatic carbocycles. The van der Waals surface area contributed by atoms with Crippen molar-refractivity contribution in [2.75, 3.05) is 95.4 Å². The number of quaternary nitrogens is 2. The molecule has 0 fully saturated rings. The number of likely N-dealkylation sites (N-methyl/N-ethyl adjacent to an activating group) is 3. The van der Waals surface area contributed by atoms with Gasteiger partial charge in [0.25, 0.3) is 0 Å². The SMILES string of the molecule is CCCOc1ccccc1C1=c2ccc([nH]2)=C(c2ccccc2OCC[N+](C)(C)C)c2ccc([nH]2)C(c2ccccc2OCC[N+](C)(C)C)=c2ccc([nH]2)=C(c2ccccc2OCCNC)c2ccc1[nH]2. The van der Waals surface area contributed by atoms with Crippen LogP contribution in [0.4, 0.5) is 0 Å². The molecule has 0 saturated heterocycles. The van der Waals surface area contributed by atoms with Crippen LogP contribution in [0.2, 0.25) is 0 Å². The molecule has 11 heteroatoms. The molecule has 0 amide bonds. The molecule has 5 N–H and O–H groups in total. The summed E-state index contributed by atoms with van der Waals surface area (Å²) in [6.45, 7) is 6.76. The van der Waals surface area contributed by atoms with Gasteiger partial charge in [0.05, 0.1) is 48.9 Å². The van der Waals surface area contributed by atoms with Gasteiger partial charge in [0.15, 0.2) is 0 Å². The average Bonchev–Trinajstić information content (AvgIpc) is 4.20. The van der Waals surface area contributed by atoms with Crippen LogP contribution in [0.5, 0.6) is 23.0 Å². The van der Waals surface area contributed by atoms with Gasteiger partial charge in [-0.25, -0.2) is 0 Å². The standard InChI is InChI=1S/C60H69N7O4/c1-9-37-68-53-22-14-10-18-41(53)57-45-26-28-47(62-45)58(42-19-11-15-23-54(42)69-38-34-61-2)48-29-31-50(64-48)60(44-21-13-17-25-56(44)71-40-36-67(6,7)8)52-33-32-51(65-52)59(49-30-27-46(57)63-49)43-20-12-16-24-55(43)70-39-35-66(3,4)5/h10-33,61-65H,9,34-40H2,1-8H3/q+2. The Kier molecular flexibility index (Phi) is 14.6. The number of hydrogen-bond donors (Lipinski definition) is 5. The Morgan fingerprint density at radius 1 is 0.366 bits per heavy atom. The molecule has 8 aromatic rings. The lowest BCUT2D eigenvalue weighted by Crippen LogP contribution is -2.38. The van der Waals surface area contributed by atoms with Crippen LogP contribution >= 0.6 is 0 Å². The summed E-state index contributed by atoms with van der Waals surface area (Å²) < 4.78 is 28.0. The van der Waals surface area contributed by atoms with E-state index in [0.717, 1.165) is 140 Å². The summed E-state index contributed by atoms with van der Waals surface area (Å²) in [6.07, 6.45) is 0.885. The van der Waals surface area contributed by atoms with Gasteiger partial charge in [0, 0.05) is 95.3 Å². The first-order valence-corrected chi connectivity index (χ1v) is 24.8. The van der Waals surface area contributed by atoms with Crippen LogP contribution in [0.1, 0.15) is 58.4 Å². The second kappa shape index (κ2) is 21.3. The highest BCUT2D eigenvalue weighted by atomic mass is 16.5. The number of hydrogen-bond acceptors (Lipinski definition) is 5. The number of nitrogens with zero attached hydrogens (tertiary/aromatic N) is 2. The average molecular weight is 952 g/mol. The summed E-state index contributed by atoms with van der Waals surface area (Å²) >= 11 is 0. The number of benzene rings is 4. The minimum atomic E-state index is 0.512. The van der Waals surface area contributed by atoms with Crippen LogP contribution in [0.15, 0.2) is 146 Å². The normalized spacial score (nSPS) is 12.9. The van der Waals surface area contributed by atoms with Crippen molar-refractivity contribution < 1.29 is 27.9 Å². The molecule has 0 atom stereocenters. The molecular weight excluding hydrogens is 883 g/mol. The molecule has 0 spiro atoms. The molecule has 0 radical (unpaired) electrons. The molecule has 0 saturated carbocycles. The molecule has 4 aromatic heterocycles. The molecule has 71 heavy (non-hydrogen) atoms. The van der Waals surface area contributed by atoms with E-state index in [1.807, 2.05) is 37.4 Å². The van der Waals surface area contributed by atoms with Crippen molar-refractivity contribution in [3.05, 3.63) is 212 Å². The molecule has 366 valence electrons. The Morgan fingerprint density at radius 2 is 0.662 bits per heavy atom. The van der Waals surface area contributed by atoms with Gasteiger partial charge >= 0.3 is 0 Å². The quantitative estimate of drug-likeness (QED) is 0.0450. The largest absolute Gasteiger partial charge is 0.493 e. The first-order chi connectivity index (χ1) is 34.4. The number of para-hydroxylation sites is 4. The van der Waals surface area contributed by atoms with Crippen LogP contribution in [-0.4, -0.2) is 124 Å². The number of H-pyrrole nitrogens is 4. The fraction of sp³-hybridized carbons (Fsp3) is 0.267. The molecule has 1 aliphatic rings. The van der Waals surface area contributed by atoms with E-state index in [4.69, 9.17) is 18.9 Å². The van der Waals surface area contributed by atoms with Crippen molar-refractivity contribution in [3.8, 4) is 23.0 Å². The number of aromatic nitrogens is 4. The van der Waals surface area contributed by atoms with Gasteiger partial charge in [0.2, 0.25) is 0 Å². The van der Waals surface area contributed by atoms with Crippen LogP contribution in [-0.2, 0) is 0 Å². The zero-order valence-corrected chi connectivity index (χ0v) is 42.5. The first kappa shape index (κ1) is 48.6. The lowest BCUT2D eigenvalue weighted by atomic mass is 10.0. The van der Waals surface area contributed by atoms with Crippen molar-refractivity contribution >= 4 is 22.3 Å². The number of nitrogens with one attached hydrogen (secondary N) is 5. The molecule has 11 nitrogen and oxygen atoms in total. The van der Waals surface area contributed by atoms with Crippen LogP contribution in [0.25, 0.3) is 22.3 Å². The van der Waals surface area contributed by atoms with Crippen molar-refractivity contribution in [3.63, 3.8) is 0 Å². The molecule has 5 heterocycles. The van der Waals surface area contributed by atoms with E-state index in [0.29, 0.717) is 33.0 Å². The third-order valence-corrected chi connectivity index (χ3v) is 12.6. The van der Waals surface area contributed by atoms with Gasteiger partial charge in [-0.15, -0.1) is 0 Å². The maximum atomic E-state index is 6.70. The summed E-state index contributed by atoms with van der Waals surface area (Å²) in [5.74, 6) is 3.21. The van der Waals surface area contributed by atoms with Gasteiger partial charge in [-0.2, -0.15) is 0 Å². The highest BCUT2D eigenvalue weighted by Crippen LogP contribution is 2.35. The van der Waals surface area contributed by atoms with E-state index in [9.17, 15) is 0 Å². The van der Waals surface area contributed by atoms with Gasteiger partial charge in [-0.1, -0.05) is 79.7 Å². The lowest BCUT2D eigenvalue weighted by Gasteiger charge is -2.24. The lowest BCUT2D eigenvalue weighted by molar-refractivity contribution is -0.870. The molecule has 8 bridgehead atoms. The summed E-state index contributed by atoms with van der Waals surface area (Å²) in [4.78, 5) is 15.8. The number of ether oxygens (including phenoxy) is 4.